The standard InChI is InChI=1S/C17H18N4O4/c18-17-13-10(9-4-2-1-3-5-9)6-11(21(13)20-8-19-17)16-15(24)14(23)12(7-22)25-16/h1-6,8,12,14-16,22-24H,7H2,(H2,18,19,20)/t12-,14-,15-,16+/m1/s1. The van der Waals surface area contributed by atoms with E-state index in [4.69, 9.17) is 10.5 Å². The number of fused-ring (bicyclic) bond motifs is 1. The van der Waals surface area contributed by atoms with Gasteiger partial charge in [-0.05, 0) is 11.6 Å². The number of aliphatic hydroxyl groups is 3. The number of hydrogen-bond acceptors (Lipinski definition) is 7. The molecule has 1 aliphatic heterocycles. The molecule has 1 aromatic carbocycles. The minimum atomic E-state index is -1.19. The summed E-state index contributed by atoms with van der Waals surface area (Å²) < 4.78 is 7.21. The van der Waals surface area contributed by atoms with Crippen LogP contribution in [0.2, 0.25) is 0 Å². The van der Waals surface area contributed by atoms with Gasteiger partial charge in [0.15, 0.2) is 5.82 Å². The highest BCUT2D eigenvalue weighted by Crippen LogP contribution is 2.38. The lowest BCUT2D eigenvalue weighted by molar-refractivity contribution is -0.0244. The van der Waals surface area contributed by atoms with Crippen LogP contribution in [0, 0.1) is 0 Å². The first-order valence-corrected chi connectivity index (χ1v) is 7.91. The summed E-state index contributed by atoms with van der Waals surface area (Å²) in [6, 6.07) is 11.4. The zero-order valence-electron chi connectivity index (χ0n) is 13.2. The Morgan fingerprint density at radius 1 is 1.16 bits per heavy atom. The van der Waals surface area contributed by atoms with Gasteiger partial charge >= 0.3 is 0 Å². The van der Waals surface area contributed by atoms with E-state index >= 15 is 0 Å². The molecule has 1 saturated heterocycles. The number of nitrogens with zero attached hydrogens (tertiary/aromatic N) is 3. The predicted molar refractivity (Wildman–Crippen MR) is 89.5 cm³/mol. The highest BCUT2D eigenvalue weighted by atomic mass is 16.6. The second kappa shape index (κ2) is 6.08. The Labute approximate surface area is 143 Å². The maximum absolute atomic E-state index is 10.3. The van der Waals surface area contributed by atoms with Crippen molar-refractivity contribution in [2.45, 2.75) is 24.4 Å². The van der Waals surface area contributed by atoms with Crippen molar-refractivity contribution in [2.75, 3.05) is 12.3 Å². The Hall–Kier alpha value is -2.52. The molecule has 8 heteroatoms. The molecule has 8 nitrogen and oxygen atoms in total. The summed E-state index contributed by atoms with van der Waals surface area (Å²) in [4.78, 5) is 4.05. The van der Waals surface area contributed by atoms with Crippen molar-refractivity contribution in [1.82, 2.24) is 14.6 Å². The summed E-state index contributed by atoms with van der Waals surface area (Å²) in [7, 11) is 0. The van der Waals surface area contributed by atoms with Crippen LogP contribution >= 0.6 is 0 Å². The van der Waals surface area contributed by atoms with Crippen LogP contribution < -0.4 is 5.73 Å². The smallest absolute Gasteiger partial charge is 0.151 e. The lowest BCUT2D eigenvalue weighted by Crippen LogP contribution is -2.32. The van der Waals surface area contributed by atoms with Crippen molar-refractivity contribution in [3.8, 4) is 11.1 Å². The second-order valence-corrected chi connectivity index (χ2v) is 6.01. The van der Waals surface area contributed by atoms with Gasteiger partial charge in [-0.1, -0.05) is 30.3 Å². The van der Waals surface area contributed by atoms with Gasteiger partial charge in [-0.15, -0.1) is 0 Å². The van der Waals surface area contributed by atoms with E-state index in [0.29, 0.717) is 17.0 Å². The van der Waals surface area contributed by atoms with Crippen molar-refractivity contribution < 1.29 is 20.1 Å². The van der Waals surface area contributed by atoms with E-state index in [0.717, 1.165) is 11.1 Å². The van der Waals surface area contributed by atoms with Crippen molar-refractivity contribution in [2.24, 2.45) is 0 Å². The molecule has 0 spiro atoms. The first-order chi connectivity index (χ1) is 12.1. The quantitative estimate of drug-likeness (QED) is 0.533. The van der Waals surface area contributed by atoms with Gasteiger partial charge in [-0.3, -0.25) is 0 Å². The Bertz CT molecular complexity index is 898. The Morgan fingerprint density at radius 3 is 2.60 bits per heavy atom. The van der Waals surface area contributed by atoms with Gasteiger partial charge in [0.2, 0.25) is 0 Å². The fourth-order valence-electron chi connectivity index (χ4n) is 3.28. The molecule has 2 aromatic heterocycles. The highest BCUT2D eigenvalue weighted by Gasteiger charge is 2.44. The van der Waals surface area contributed by atoms with Crippen LogP contribution in [0.3, 0.4) is 0 Å². The largest absolute Gasteiger partial charge is 0.394 e. The summed E-state index contributed by atoms with van der Waals surface area (Å²) in [6.45, 7) is -0.388. The van der Waals surface area contributed by atoms with E-state index in [2.05, 4.69) is 10.1 Å². The maximum atomic E-state index is 10.3. The van der Waals surface area contributed by atoms with Crippen molar-refractivity contribution in [3.05, 3.63) is 48.4 Å². The molecule has 0 unspecified atom stereocenters. The van der Waals surface area contributed by atoms with E-state index in [-0.39, 0.29) is 6.61 Å². The van der Waals surface area contributed by atoms with E-state index in [1.54, 1.807) is 4.52 Å². The fourth-order valence-corrected chi connectivity index (χ4v) is 3.28. The molecule has 130 valence electrons. The molecule has 3 aromatic rings. The summed E-state index contributed by atoms with van der Waals surface area (Å²) >= 11 is 0. The van der Waals surface area contributed by atoms with Crippen molar-refractivity contribution in [3.63, 3.8) is 0 Å². The van der Waals surface area contributed by atoms with Gasteiger partial charge < -0.3 is 25.8 Å². The SMILES string of the molecule is Nc1ncnn2c([C@@H]3O[C@H](CO)[C@@H](O)[C@H]3O)cc(-c3ccccc3)c12. The molecule has 5 N–H and O–H groups in total. The van der Waals surface area contributed by atoms with Crippen LogP contribution in [0.4, 0.5) is 5.82 Å². The molecule has 1 aliphatic rings. The number of aromatic nitrogens is 3. The number of nitrogens with two attached hydrogens (primary N) is 1. The molecule has 1 fully saturated rings. The van der Waals surface area contributed by atoms with E-state index < -0.39 is 24.4 Å². The Kier molecular flexibility index (Phi) is 3.89. The number of benzene rings is 1. The molecule has 3 heterocycles. The lowest BCUT2D eigenvalue weighted by Gasteiger charge is -2.14. The van der Waals surface area contributed by atoms with Gasteiger partial charge in [0.1, 0.15) is 36.3 Å². The first kappa shape index (κ1) is 16.0. The average Bonchev–Trinajstić information content (AvgIpc) is 3.15. The van der Waals surface area contributed by atoms with Gasteiger partial charge in [0.05, 0.1) is 12.3 Å². The second-order valence-electron chi connectivity index (χ2n) is 6.01. The highest BCUT2D eigenvalue weighted by molar-refractivity contribution is 5.88. The maximum Gasteiger partial charge on any atom is 0.151 e. The number of ether oxygens (including phenoxy) is 1. The number of rotatable bonds is 3. The monoisotopic (exact) mass is 342 g/mol. The lowest BCUT2D eigenvalue weighted by atomic mass is 10.0. The molecule has 0 bridgehead atoms. The number of hydrogen-bond donors (Lipinski definition) is 4. The van der Waals surface area contributed by atoms with Crippen molar-refractivity contribution >= 4 is 11.3 Å². The summed E-state index contributed by atoms with van der Waals surface area (Å²) in [5.74, 6) is 0.298. The third-order valence-electron chi connectivity index (χ3n) is 4.53. The van der Waals surface area contributed by atoms with Crippen LogP contribution in [-0.2, 0) is 4.74 Å². The molecular formula is C17H18N4O4. The fraction of sp³-hybridized carbons (Fsp3) is 0.294. The minimum Gasteiger partial charge on any atom is -0.394 e. The van der Waals surface area contributed by atoms with Crippen LogP contribution in [0.25, 0.3) is 16.6 Å². The van der Waals surface area contributed by atoms with Crippen LogP contribution in [0.15, 0.2) is 42.7 Å². The molecular weight excluding hydrogens is 324 g/mol. The number of anilines is 1. The predicted octanol–water partition coefficient (Wildman–Crippen LogP) is 0.133. The topological polar surface area (TPSA) is 126 Å². The van der Waals surface area contributed by atoms with E-state index in [1.807, 2.05) is 36.4 Å². The average molecular weight is 342 g/mol. The van der Waals surface area contributed by atoms with Crippen LogP contribution in [0.5, 0.6) is 0 Å². The molecule has 0 radical (unpaired) electrons. The van der Waals surface area contributed by atoms with Crippen molar-refractivity contribution in [1.29, 1.82) is 0 Å². The Morgan fingerprint density at radius 2 is 1.92 bits per heavy atom. The van der Waals surface area contributed by atoms with Crippen LogP contribution in [-0.4, -0.2) is 54.8 Å². The van der Waals surface area contributed by atoms with Crippen LogP contribution in [0.1, 0.15) is 11.8 Å². The third kappa shape index (κ3) is 2.47. The molecule has 4 rings (SSSR count). The molecule has 4 atom stereocenters. The zero-order chi connectivity index (χ0) is 17.6. The molecule has 0 amide bonds. The molecule has 0 aliphatic carbocycles. The zero-order valence-corrected chi connectivity index (χ0v) is 13.2. The third-order valence-corrected chi connectivity index (χ3v) is 4.53. The molecule has 25 heavy (non-hydrogen) atoms. The number of aliphatic hydroxyl groups excluding tert-OH is 3. The summed E-state index contributed by atoms with van der Waals surface area (Å²) in [5.41, 5.74) is 8.90. The first-order valence-electron chi connectivity index (χ1n) is 7.91. The Balaban J connectivity index is 1.90. The van der Waals surface area contributed by atoms with Gasteiger partial charge in [0, 0.05) is 5.56 Å². The summed E-state index contributed by atoms with van der Waals surface area (Å²) in [6.07, 6.45) is -2.74. The number of nitrogen functional groups attached to an aromatic ring is 1. The van der Waals surface area contributed by atoms with E-state index in [9.17, 15) is 15.3 Å². The minimum absolute atomic E-state index is 0.298. The van der Waals surface area contributed by atoms with Gasteiger partial charge in [-0.2, -0.15) is 5.10 Å². The normalized spacial score (nSPS) is 26.4. The summed E-state index contributed by atoms with van der Waals surface area (Å²) in [5, 5.41) is 33.9. The van der Waals surface area contributed by atoms with Gasteiger partial charge in [-0.25, -0.2) is 9.50 Å². The molecule has 0 saturated carbocycles. The van der Waals surface area contributed by atoms with Gasteiger partial charge in [0.25, 0.3) is 0 Å². The van der Waals surface area contributed by atoms with E-state index in [1.165, 1.54) is 6.33 Å².